The second kappa shape index (κ2) is 8.31. The maximum atomic E-state index is 13.4. The highest BCUT2D eigenvalue weighted by Gasteiger charge is 2.50. The van der Waals surface area contributed by atoms with E-state index in [-0.39, 0.29) is 30.0 Å². The summed E-state index contributed by atoms with van der Waals surface area (Å²) in [5.74, 6) is -2.41. The fraction of sp³-hybridized carbons (Fsp3) is 0.286. The minimum absolute atomic E-state index is 0.0362. The van der Waals surface area contributed by atoms with E-state index in [2.05, 4.69) is 0 Å². The van der Waals surface area contributed by atoms with E-state index in [1.54, 1.807) is 18.2 Å². The van der Waals surface area contributed by atoms with E-state index in [0.29, 0.717) is 24.1 Å². The molecule has 6 nitrogen and oxygen atoms in total. The van der Waals surface area contributed by atoms with E-state index in [9.17, 15) is 23.9 Å². The number of rotatable bonds is 7. The highest BCUT2D eigenvalue weighted by Crippen LogP contribution is 2.31. The van der Waals surface area contributed by atoms with Crippen molar-refractivity contribution in [1.82, 2.24) is 0 Å². The van der Waals surface area contributed by atoms with Crippen LogP contribution in [0.2, 0.25) is 5.02 Å². The Kier molecular flexibility index (Phi) is 6.00. The van der Waals surface area contributed by atoms with Gasteiger partial charge in [0.15, 0.2) is 5.78 Å². The Hall–Kier alpha value is -2.77. The van der Waals surface area contributed by atoms with Crippen LogP contribution in [0.3, 0.4) is 0 Å². The first-order valence-corrected chi connectivity index (χ1v) is 9.51. The summed E-state index contributed by atoms with van der Waals surface area (Å²) in [7, 11) is 0. The summed E-state index contributed by atoms with van der Waals surface area (Å²) in [4.78, 5) is 37.9. The average Bonchev–Trinajstić information content (AvgIpc) is 2.97. The summed E-state index contributed by atoms with van der Waals surface area (Å²) < 4.78 is 13.4. The molecule has 1 saturated heterocycles. The van der Waals surface area contributed by atoms with Gasteiger partial charge in [-0.3, -0.25) is 14.4 Å². The van der Waals surface area contributed by atoms with Gasteiger partial charge in [0.1, 0.15) is 5.82 Å². The number of aliphatic hydroxyl groups is 1. The van der Waals surface area contributed by atoms with E-state index >= 15 is 0 Å². The predicted octanol–water partition coefficient (Wildman–Crippen LogP) is 2.64. The number of aryl methyl sites for hydroxylation is 1. The van der Waals surface area contributed by atoms with Crippen LogP contribution in [0.5, 0.6) is 0 Å². The molecule has 0 saturated carbocycles. The van der Waals surface area contributed by atoms with E-state index in [0.717, 1.165) is 0 Å². The third-order valence-electron chi connectivity index (χ3n) is 4.99. The SMILES string of the molecule is NC(=O)c1cccc(N2CC[C@](O)(C(=O)CCCc3cc(F)cc(Cl)c3)C2=O)c1. The molecule has 1 heterocycles. The van der Waals surface area contributed by atoms with Gasteiger partial charge in [-0.1, -0.05) is 17.7 Å². The van der Waals surface area contributed by atoms with Crippen molar-refractivity contribution in [3.8, 4) is 0 Å². The molecule has 0 unspecified atom stereocenters. The Labute approximate surface area is 172 Å². The summed E-state index contributed by atoms with van der Waals surface area (Å²) in [5, 5.41) is 11.0. The van der Waals surface area contributed by atoms with Crippen molar-refractivity contribution in [3.05, 3.63) is 64.4 Å². The molecule has 1 aliphatic heterocycles. The van der Waals surface area contributed by atoms with Crippen molar-refractivity contribution in [2.24, 2.45) is 5.73 Å². The summed E-state index contributed by atoms with van der Waals surface area (Å²) in [6.07, 6.45) is 0.645. The van der Waals surface area contributed by atoms with Gasteiger partial charge in [0.2, 0.25) is 11.5 Å². The van der Waals surface area contributed by atoms with Crippen molar-refractivity contribution in [3.63, 3.8) is 0 Å². The molecule has 2 aromatic carbocycles. The maximum absolute atomic E-state index is 13.4. The predicted molar refractivity (Wildman–Crippen MR) is 106 cm³/mol. The monoisotopic (exact) mass is 418 g/mol. The lowest BCUT2D eigenvalue weighted by molar-refractivity contribution is -0.147. The van der Waals surface area contributed by atoms with Crippen LogP contribution in [0.25, 0.3) is 0 Å². The molecule has 1 fully saturated rings. The summed E-state index contributed by atoms with van der Waals surface area (Å²) in [6, 6.07) is 10.3. The van der Waals surface area contributed by atoms with Crippen molar-refractivity contribution in [2.75, 3.05) is 11.4 Å². The van der Waals surface area contributed by atoms with E-state index < -0.39 is 29.0 Å². The van der Waals surface area contributed by atoms with Crippen LogP contribution in [0, 0.1) is 5.82 Å². The number of nitrogens with two attached hydrogens (primary N) is 1. The van der Waals surface area contributed by atoms with E-state index in [1.165, 1.54) is 29.2 Å². The molecular formula is C21H20ClFN2O4. The lowest BCUT2D eigenvalue weighted by atomic mass is 9.92. The van der Waals surface area contributed by atoms with Gasteiger partial charge in [0, 0.05) is 35.7 Å². The Balaban J connectivity index is 1.65. The highest BCUT2D eigenvalue weighted by atomic mass is 35.5. The molecule has 1 atom stereocenters. The number of ketones is 1. The van der Waals surface area contributed by atoms with Crippen LogP contribution in [-0.2, 0) is 16.0 Å². The van der Waals surface area contributed by atoms with Gasteiger partial charge in [0.25, 0.3) is 5.91 Å². The molecule has 2 aromatic rings. The average molecular weight is 419 g/mol. The fourth-order valence-corrected chi connectivity index (χ4v) is 3.70. The smallest absolute Gasteiger partial charge is 0.266 e. The van der Waals surface area contributed by atoms with Gasteiger partial charge in [-0.2, -0.15) is 0 Å². The van der Waals surface area contributed by atoms with Crippen LogP contribution >= 0.6 is 11.6 Å². The first kappa shape index (κ1) is 21.0. The molecule has 0 spiro atoms. The molecule has 3 rings (SSSR count). The Bertz CT molecular complexity index is 961. The largest absolute Gasteiger partial charge is 0.373 e. The molecule has 1 aliphatic rings. The quantitative estimate of drug-likeness (QED) is 0.675. The van der Waals surface area contributed by atoms with Gasteiger partial charge in [-0.05, 0) is 54.8 Å². The first-order chi connectivity index (χ1) is 13.7. The number of Topliss-reactive ketones (excluding diaryl/α,β-unsaturated/α-hetero) is 1. The number of halogens is 2. The lowest BCUT2D eigenvalue weighted by Crippen LogP contribution is -2.46. The van der Waals surface area contributed by atoms with Crippen LogP contribution in [0.4, 0.5) is 10.1 Å². The Morgan fingerprint density at radius 1 is 1.24 bits per heavy atom. The number of benzene rings is 2. The number of amides is 2. The molecule has 29 heavy (non-hydrogen) atoms. The van der Waals surface area contributed by atoms with Gasteiger partial charge >= 0.3 is 0 Å². The number of nitrogens with zero attached hydrogens (tertiary/aromatic N) is 1. The Morgan fingerprint density at radius 3 is 2.69 bits per heavy atom. The van der Waals surface area contributed by atoms with Gasteiger partial charge in [-0.15, -0.1) is 0 Å². The number of hydrogen-bond donors (Lipinski definition) is 2. The molecule has 8 heteroatoms. The van der Waals surface area contributed by atoms with Gasteiger partial charge in [-0.25, -0.2) is 4.39 Å². The lowest BCUT2D eigenvalue weighted by Gasteiger charge is -2.21. The maximum Gasteiger partial charge on any atom is 0.266 e. The zero-order chi connectivity index (χ0) is 21.2. The second-order valence-corrected chi connectivity index (χ2v) is 7.47. The molecule has 0 radical (unpaired) electrons. The minimum Gasteiger partial charge on any atom is -0.373 e. The number of primary amides is 1. The zero-order valence-electron chi connectivity index (χ0n) is 15.5. The molecule has 0 aromatic heterocycles. The number of anilines is 1. The van der Waals surface area contributed by atoms with Crippen LogP contribution in [0.1, 0.15) is 35.2 Å². The first-order valence-electron chi connectivity index (χ1n) is 9.13. The van der Waals surface area contributed by atoms with Crippen molar-refractivity contribution < 1.29 is 23.9 Å². The molecular weight excluding hydrogens is 399 g/mol. The molecule has 0 bridgehead atoms. The summed E-state index contributed by atoms with van der Waals surface area (Å²) in [5.41, 5.74) is 4.41. The van der Waals surface area contributed by atoms with Crippen LogP contribution in [0.15, 0.2) is 42.5 Å². The van der Waals surface area contributed by atoms with Crippen molar-refractivity contribution in [1.29, 1.82) is 0 Å². The zero-order valence-corrected chi connectivity index (χ0v) is 16.3. The molecule has 3 N–H and O–H groups in total. The standard InChI is InChI=1S/C21H20ClFN2O4/c22-15-9-13(10-16(23)12-15)3-1-6-18(26)21(29)7-8-25(20(21)28)17-5-2-4-14(11-17)19(24)27/h2,4-5,9-12,29H,1,3,6-8H2,(H2,24,27)/t21-/m0/s1. The third-order valence-corrected chi connectivity index (χ3v) is 5.21. The van der Waals surface area contributed by atoms with E-state index in [4.69, 9.17) is 17.3 Å². The normalized spacial score (nSPS) is 18.9. The number of hydrogen-bond acceptors (Lipinski definition) is 4. The van der Waals surface area contributed by atoms with Crippen molar-refractivity contribution in [2.45, 2.75) is 31.3 Å². The topological polar surface area (TPSA) is 101 Å². The number of carbonyl (C=O) groups is 3. The highest BCUT2D eigenvalue weighted by molar-refractivity contribution is 6.30. The van der Waals surface area contributed by atoms with Crippen LogP contribution in [-0.4, -0.2) is 34.8 Å². The minimum atomic E-state index is -2.11. The van der Waals surface area contributed by atoms with Gasteiger partial charge < -0.3 is 15.7 Å². The Morgan fingerprint density at radius 2 is 2.00 bits per heavy atom. The molecule has 0 aliphatic carbocycles. The van der Waals surface area contributed by atoms with Gasteiger partial charge in [0.05, 0.1) is 0 Å². The summed E-state index contributed by atoms with van der Waals surface area (Å²) >= 11 is 5.82. The van der Waals surface area contributed by atoms with E-state index in [1.807, 2.05) is 0 Å². The number of carbonyl (C=O) groups excluding carboxylic acids is 3. The summed E-state index contributed by atoms with van der Waals surface area (Å²) in [6.45, 7) is 0.142. The second-order valence-electron chi connectivity index (χ2n) is 7.04. The molecule has 2 amide bonds. The fourth-order valence-electron chi connectivity index (χ4n) is 3.45. The van der Waals surface area contributed by atoms with Crippen molar-refractivity contribution >= 4 is 34.9 Å². The van der Waals surface area contributed by atoms with Crippen LogP contribution < -0.4 is 10.6 Å². The third kappa shape index (κ3) is 4.46. The molecule has 152 valence electrons.